The van der Waals surface area contributed by atoms with E-state index in [0.29, 0.717) is 19.4 Å². The largest absolute Gasteiger partial charge is 0.328 e. The van der Waals surface area contributed by atoms with Crippen molar-refractivity contribution in [3.05, 3.63) is 0 Å². The Morgan fingerprint density at radius 3 is 2.33 bits per heavy atom. The summed E-state index contributed by atoms with van der Waals surface area (Å²) < 4.78 is 0. The molecule has 1 fully saturated rings. The predicted molar refractivity (Wildman–Crippen MR) is 58.0 cm³/mol. The van der Waals surface area contributed by atoms with Gasteiger partial charge in [-0.3, -0.25) is 14.5 Å². The summed E-state index contributed by atoms with van der Waals surface area (Å²) in [6.45, 7) is 4.34. The zero-order chi connectivity index (χ0) is 11.4. The maximum Gasteiger partial charge on any atom is 0.229 e. The van der Waals surface area contributed by atoms with Crippen molar-refractivity contribution < 1.29 is 9.59 Å². The predicted octanol–water partition coefficient (Wildman–Crippen LogP) is 0.899. The van der Waals surface area contributed by atoms with Crippen LogP contribution in [0.25, 0.3) is 0 Å². The molecule has 0 bridgehead atoms. The Morgan fingerprint density at radius 2 is 1.93 bits per heavy atom. The molecule has 1 unspecified atom stereocenters. The molecule has 1 saturated heterocycles. The van der Waals surface area contributed by atoms with Crippen molar-refractivity contribution >= 4 is 11.8 Å². The topological polar surface area (TPSA) is 63.4 Å². The van der Waals surface area contributed by atoms with Crippen molar-refractivity contribution in [1.29, 1.82) is 0 Å². The van der Waals surface area contributed by atoms with Gasteiger partial charge in [0.15, 0.2) is 0 Å². The van der Waals surface area contributed by atoms with Crippen LogP contribution in [-0.4, -0.2) is 29.3 Å². The average Bonchev–Trinajstić information content (AvgIpc) is 2.14. The molecule has 0 aromatic carbocycles. The lowest BCUT2D eigenvalue weighted by atomic mass is 9.95. The van der Waals surface area contributed by atoms with Gasteiger partial charge in [0.2, 0.25) is 11.8 Å². The number of imide groups is 1. The fraction of sp³-hybridized carbons (Fsp3) is 0.818. The molecule has 0 aliphatic carbocycles. The zero-order valence-electron chi connectivity index (χ0n) is 9.53. The van der Waals surface area contributed by atoms with Crippen molar-refractivity contribution in [2.24, 2.45) is 11.7 Å². The van der Waals surface area contributed by atoms with E-state index in [1.54, 1.807) is 0 Å². The zero-order valence-corrected chi connectivity index (χ0v) is 9.53. The van der Waals surface area contributed by atoms with Gasteiger partial charge < -0.3 is 5.73 Å². The summed E-state index contributed by atoms with van der Waals surface area (Å²) in [5, 5.41) is 0. The van der Waals surface area contributed by atoms with Crippen LogP contribution >= 0.6 is 0 Å². The van der Waals surface area contributed by atoms with E-state index in [2.05, 4.69) is 0 Å². The van der Waals surface area contributed by atoms with Crippen molar-refractivity contribution in [2.45, 2.75) is 45.6 Å². The van der Waals surface area contributed by atoms with Crippen LogP contribution in [0.1, 0.15) is 39.5 Å². The maximum atomic E-state index is 11.7. The number of hydrogen-bond acceptors (Lipinski definition) is 3. The number of likely N-dealkylation sites (tertiary alicyclic amines) is 1. The Hall–Kier alpha value is -0.900. The second-order valence-electron chi connectivity index (χ2n) is 4.35. The third-order valence-electron chi connectivity index (χ3n) is 2.84. The van der Waals surface area contributed by atoms with Crippen molar-refractivity contribution in [3.63, 3.8) is 0 Å². The van der Waals surface area contributed by atoms with Crippen LogP contribution in [0.2, 0.25) is 0 Å². The standard InChI is InChI=1S/C11H20N2O2/c1-3-4-9(7-12)13-10(14)5-8(2)6-11(13)15/h8-9H,3-7,12H2,1-2H3. The van der Waals surface area contributed by atoms with Crippen LogP contribution in [0, 0.1) is 5.92 Å². The Balaban J connectivity index is 2.73. The second kappa shape index (κ2) is 5.26. The molecule has 1 heterocycles. The number of piperidine rings is 1. The molecule has 0 aromatic heterocycles. The summed E-state index contributed by atoms with van der Waals surface area (Å²) in [5.74, 6) is 0.0756. The quantitative estimate of drug-likeness (QED) is 0.704. The number of amides is 2. The number of carbonyl (C=O) groups is 2. The Morgan fingerprint density at radius 1 is 1.40 bits per heavy atom. The fourth-order valence-corrected chi connectivity index (χ4v) is 2.10. The van der Waals surface area contributed by atoms with Crippen LogP contribution in [0.15, 0.2) is 0 Å². The van der Waals surface area contributed by atoms with Gasteiger partial charge in [-0.25, -0.2) is 0 Å². The third-order valence-corrected chi connectivity index (χ3v) is 2.84. The fourth-order valence-electron chi connectivity index (χ4n) is 2.10. The van der Waals surface area contributed by atoms with E-state index in [4.69, 9.17) is 5.73 Å². The van der Waals surface area contributed by atoms with E-state index in [1.165, 1.54) is 4.90 Å². The lowest BCUT2D eigenvalue weighted by Gasteiger charge is -2.34. The average molecular weight is 212 g/mol. The first-order valence-electron chi connectivity index (χ1n) is 5.65. The molecule has 1 atom stereocenters. The molecule has 4 heteroatoms. The molecule has 0 spiro atoms. The maximum absolute atomic E-state index is 11.7. The Labute approximate surface area is 90.8 Å². The lowest BCUT2D eigenvalue weighted by molar-refractivity contribution is -0.152. The molecular formula is C11H20N2O2. The van der Waals surface area contributed by atoms with Crippen LogP contribution in [0.4, 0.5) is 0 Å². The molecule has 2 amide bonds. The highest BCUT2D eigenvalue weighted by Crippen LogP contribution is 2.22. The van der Waals surface area contributed by atoms with E-state index >= 15 is 0 Å². The van der Waals surface area contributed by atoms with E-state index < -0.39 is 0 Å². The smallest absolute Gasteiger partial charge is 0.229 e. The summed E-state index contributed by atoms with van der Waals surface area (Å²) in [6.07, 6.45) is 2.70. The summed E-state index contributed by atoms with van der Waals surface area (Å²) in [6, 6.07) is -0.0949. The highest BCUT2D eigenvalue weighted by Gasteiger charge is 2.34. The number of carbonyl (C=O) groups excluding carboxylic acids is 2. The number of rotatable bonds is 4. The normalized spacial score (nSPS) is 20.9. The second-order valence-corrected chi connectivity index (χ2v) is 4.35. The van der Waals surface area contributed by atoms with E-state index in [0.717, 1.165) is 12.8 Å². The first-order valence-corrected chi connectivity index (χ1v) is 5.65. The summed E-state index contributed by atoms with van der Waals surface area (Å²) in [7, 11) is 0. The highest BCUT2D eigenvalue weighted by atomic mass is 16.2. The van der Waals surface area contributed by atoms with Crippen LogP contribution < -0.4 is 5.73 Å². The van der Waals surface area contributed by atoms with Gasteiger partial charge >= 0.3 is 0 Å². The monoisotopic (exact) mass is 212 g/mol. The van der Waals surface area contributed by atoms with Crippen LogP contribution in [0.5, 0.6) is 0 Å². The Bertz CT molecular complexity index is 235. The SMILES string of the molecule is CCCC(CN)N1C(=O)CC(C)CC1=O. The molecule has 0 radical (unpaired) electrons. The van der Waals surface area contributed by atoms with Gasteiger partial charge in [0.25, 0.3) is 0 Å². The van der Waals surface area contributed by atoms with Gasteiger partial charge in [-0.15, -0.1) is 0 Å². The van der Waals surface area contributed by atoms with Crippen molar-refractivity contribution in [1.82, 2.24) is 4.90 Å². The van der Waals surface area contributed by atoms with Crippen LogP contribution in [-0.2, 0) is 9.59 Å². The van der Waals surface area contributed by atoms with Crippen molar-refractivity contribution in [2.75, 3.05) is 6.54 Å². The van der Waals surface area contributed by atoms with Gasteiger partial charge in [-0.05, 0) is 12.3 Å². The van der Waals surface area contributed by atoms with Gasteiger partial charge in [-0.2, -0.15) is 0 Å². The van der Waals surface area contributed by atoms with E-state index in [1.807, 2.05) is 13.8 Å². The minimum absolute atomic E-state index is 0.0531. The molecule has 1 rings (SSSR count). The molecule has 86 valence electrons. The minimum Gasteiger partial charge on any atom is -0.328 e. The number of hydrogen-bond donors (Lipinski definition) is 1. The molecule has 1 aliphatic heterocycles. The first-order chi connectivity index (χ1) is 7.10. The molecule has 0 aromatic rings. The lowest BCUT2D eigenvalue weighted by Crippen LogP contribution is -2.51. The molecule has 4 nitrogen and oxygen atoms in total. The third kappa shape index (κ3) is 2.78. The van der Waals surface area contributed by atoms with Crippen molar-refractivity contribution in [3.8, 4) is 0 Å². The molecular weight excluding hydrogens is 192 g/mol. The van der Waals surface area contributed by atoms with Gasteiger partial charge in [0.05, 0.1) is 6.04 Å². The molecule has 15 heavy (non-hydrogen) atoms. The molecule has 0 saturated carbocycles. The Kier molecular flexibility index (Phi) is 4.27. The van der Waals surface area contributed by atoms with Crippen LogP contribution in [0.3, 0.4) is 0 Å². The summed E-state index contributed by atoms with van der Waals surface area (Å²) in [5.41, 5.74) is 5.60. The molecule has 1 aliphatic rings. The first kappa shape index (κ1) is 12.2. The van der Waals surface area contributed by atoms with E-state index in [-0.39, 0.29) is 23.8 Å². The minimum atomic E-state index is -0.0949. The van der Waals surface area contributed by atoms with Gasteiger partial charge in [-0.1, -0.05) is 20.3 Å². The molecule has 2 N–H and O–H groups in total. The summed E-state index contributed by atoms with van der Waals surface area (Å²) >= 11 is 0. The number of nitrogens with two attached hydrogens (primary N) is 1. The van der Waals surface area contributed by atoms with Gasteiger partial charge in [0.1, 0.15) is 0 Å². The van der Waals surface area contributed by atoms with E-state index in [9.17, 15) is 9.59 Å². The van der Waals surface area contributed by atoms with Gasteiger partial charge in [0, 0.05) is 19.4 Å². The summed E-state index contributed by atoms with van der Waals surface area (Å²) in [4.78, 5) is 24.9. The number of nitrogens with zero attached hydrogens (tertiary/aromatic N) is 1. The highest BCUT2D eigenvalue weighted by molar-refractivity contribution is 5.98.